The highest BCUT2D eigenvalue weighted by Gasteiger charge is 2.21. The van der Waals surface area contributed by atoms with Crippen LogP contribution in [0.4, 0.5) is 5.82 Å². The Bertz CT molecular complexity index is 1290. The van der Waals surface area contributed by atoms with Crippen LogP contribution in [0.1, 0.15) is 18.4 Å². The Labute approximate surface area is 173 Å². The Hall–Kier alpha value is -3.32. The molecular weight excluding hydrogens is 380 g/mol. The molecule has 3 aromatic heterocycles. The molecule has 0 bridgehead atoms. The van der Waals surface area contributed by atoms with Crippen molar-refractivity contribution in [2.24, 2.45) is 0 Å². The largest absolute Gasteiger partial charge is 0.497 e. The van der Waals surface area contributed by atoms with E-state index in [9.17, 15) is 4.79 Å². The van der Waals surface area contributed by atoms with Gasteiger partial charge in [-0.05, 0) is 55.0 Å². The molecule has 2 N–H and O–H groups in total. The van der Waals surface area contributed by atoms with Crippen LogP contribution in [0.3, 0.4) is 0 Å². The highest BCUT2D eigenvalue weighted by molar-refractivity contribution is 5.87. The van der Waals surface area contributed by atoms with Gasteiger partial charge in [0.15, 0.2) is 0 Å². The van der Waals surface area contributed by atoms with Gasteiger partial charge in [-0.25, -0.2) is 4.98 Å². The van der Waals surface area contributed by atoms with Crippen LogP contribution in [0.2, 0.25) is 0 Å². The van der Waals surface area contributed by atoms with Gasteiger partial charge in [-0.15, -0.1) is 0 Å². The Balaban J connectivity index is 1.65. The van der Waals surface area contributed by atoms with E-state index in [4.69, 9.17) is 14.5 Å². The monoisotopic (exact) mass is 404 g/mol. The number of nitrogens with one attached hydrogen (secondary N) is 2. The predicted octanol–water partition coefficient (Wildman–Crippen LogP) is 3.75. The smallest absolute Gasteiger partial charge is 0.258 e. The summed E-state index contributed by atoms with van der Waals surface area (Å²) in [5, 5.41) is 4.42. The van der Waals surface area contributed by atoms with E-state index in [-0.39, 0.29) is 11.7 Å². The van der Waals surface area contributed by atoms with E-state index in [1.165, 1.54) is 0 Å². The molecule has 1 saturated heterocycles. The van der Waals surface area contributed by atoms with Crippen LogP contribution in [0, 0.1) is 6.92 Å². The second kappa shape index (κ2) is 7.50. The van der Waals surface area contributed by atoms with E-state index in [2.05, 4.69) is 10.3 Å². The van der Waals surface area contributed by atoms with Gasteiger partial charge in [0.05, 0.1) is 24.3 Å². The van der Waals surface area contributed by atoms with Crippen LogP contribution in [0.25, 0.3) is 27.8 Å². The molecule has 1 atom stereocenters. The number of rotatable bonds is 5. The number of H-pyrrole nitrogens is 1. The molecule has 0 saturated carbocycles. The lowest BCUT2D eigenvalue weighted by Crippen LogP contribution is -2.20. The van der Waals surface area contributed by atoms with Crippen molar-refractivity contribution < 1.29 is 9.47 Å². The van der Waals surface area contributed by atoms with E-state index < -0.39 is 0 Å². The summed E-state index contributed by atoms with van der Waals surface area (Å²) in [4.78, 5) is 20.8. The normalized spacial score (nSPS) is 16.4. The molecule has 5 rings (SSSR count). The molecule has 7 heteroatoms. The Morgan fingerprint density at radius 3 is 3.03 bits per heavy atom. The summed E-state index contributed by atoms with van der Waals surface area (Å²) >= 11 is 0. The summed E-state index contributed by atoms with van der Waals surface area (Å²) in [6, 6.07) is 11.5. The van der Waals surface area contributed by atoms with Gasteiger partial charge < -0.3 is 19.8 Å². The second-order valence-corrected chi connectivity index (χ2v) is 7.68. The first-order chi connectivity index (χ1) is 14.6. The molecule has 0 aliphatic carbocycles. The third-order valence-electron chi connectivity index (χ3n) is 5.67. The fourth-order valence-electron chi connectivity index (χ4n) is 4.06. The number of methoxy groups -OCH3 is 1. The van der Waals surface area contributed by atoms with Gasteiger partial charge in [0.1, 0.15) is 22.9 Å². The molecule has 4 aromatic rings. The Morgan fingerprint density at radius 1 is 1.33 bits per heavy atom. The van der Waals surface area contributed by atoms with Gasteiger partial charge in [-0.3, -0.25) is 9.20 Å². The van der Waals surface area contributed by atoms with Crippen LogP contribution in [-0.2, 0) is 4.74 Å². The third kappa shape index (κ3) is 3.21. The highest BCUT2D eigenvalue weighted by Crippen LogP contribution is 2.30. The molecule has 0 amide bonds. The minimum absolute atomic E-state index is 0.176. The minimum Gasteiger partial charge on any atom is -0.497 e. The van der Waals surface area contributed by atoms with Crippen LogP contribution in [0.15, 0.2) is 47.4 Å². The minimum atomic E-state index is -0.183. The number of aryl methyl sites for hydroxylation is 1. The van der Waals surface area contributed by atoms with Crippen molar-refractivity contribution in [1.29, 1.82) is 0 Å². The number of benzene rings is 1. The average molecular weight is 404 g/mol. The average Bonchev–Trinajstić information content (AvgIpc) is 3.39. The number of aromatic amines is 1. The zero-order chi connectivity index (χ0) is 20.7. The van der Waals surface area contributed by atoms with Crippen molar-refractivity contribution in [2.45, 2.75) is 25.9 Å². The van der Waals surface area contributed by atoms with Crippen LogP contribution >= 0.6 is 0 Å². The van der Waals surface area contributed by atoms with Crippen LogP contribution in [0.5, 0.6) is 5.75 Å². The predicted molar refractivity (Wildman–Crippen MR) is 118 cm³/mol. The first-order valence-corrected chi connectivity index (χ1v) is 10.2. The van der Waals surface area contributed by atoms with E-state index in [0.29, 0.717) is 23.6 Å². The van der Waals surface area contributed by atoms with Crippen molar-refractivity contribution in [3.63, 3.8) is 0 Å². The first kappa shape index (κ1) is 18.7. The summed E-state index contributed by atoms with van der Waals surface area (Å²) in [6.07, 6.45) is 4.27. The maximum atomic E-state index is 13.0. The Morgan fingerprint density at radius 2 is 2.23 bits per heavy atom. The van der Waals surface area contributed by atoms with E-state index in [0.717, 1.165) is 47.4 Å². The van der Waals surface area contributed by atoms with Crippen molar-refractivity contribution in [3.8, 4) is 17.0 Å². The van der Waals surface area contributed by atoms with Crippen molar-refractivity contribution in [3.05, 3.63) is 58.5 Å². The number of pyridine rings is 2. The summed E-state index contributed by atoms with van der Waals surface area (Å²) in [7, 11) is 1.61. The zero-order valence-corrected chi connectivity index (χ0v) is 17.1. The van der Waals surface area contributed by atoms with Gasteiger partial charge in [0.25, 0.3) is 5.56 Å². The first-order valence-electron chi connectivity index (χ1n) is 10.2. The molecule has 1 unspecified atom stereocenters. The molecule has 1 fully saturated rings. The zero-order valence-electron chi connectivity index (χ0n) is 17.1. The molecule has 1 aliphatic heterocycles. The number of hydrogen-bond acceptors (Lipinski definition) is 5. The Kier molecular flexibility index (Phi) is 4.67. The number of hydrogen-bond donors (Lipinski definition) is 2. The van der Waals surface area contributed by atoms with Gasteiger partial charge in [-0.1, -0.05) is 6.07 Å². The second-order valence-electron chi connectivity index (χ2n) is 7.68. The van der Waals surface area contributed by atoms with Gasteiger partial charge in [0, 0.05) is 25.4 Å². The topological polar surface area (TPSA) is 80.7 Å². The summed E-state index contributed by atoms with van der Waals surface area (Å²) in [5.41, 5.74) is 3.60. The molecule has 1 aromatic carbocycles. The fraction of sp³-hybridized carbons (Fsp3) is 0.304. The quantitative estimate of drug-likeness (QED) is 0.530. The lowest BCUT2D eigenvalue weighted by molar-refractivity contribution is 0.120. The molecular formula is C23H24N4O3. The molecule has 4 heterocycles. The number of anilines is 1. The van der Waals surface area contributed by atoms with Gasteiger partial charge >= 0.3 is 0 Å². The van der Waals surface area contributed by atoms with E-state index in [1.807, 2.05) is 53.9 Å². The molecule has 30 heavy (non-hydrogen) atoms. The summed E-state index contributed by atoms with van der Waals surface area (Å²) < 4.78 is 13.0. The van der Waals surface area contributed by atoms with E-state index >= 15 is 0 Å². The van der Waals surface area contributed by atoms with E-state index in [1.54, 1.807) is 7.11 Å². The molecule has 0 spiro atoms. The number of ether oxygens (including phenoxy) is 2. The SMILES string of the molecule is COc1ccc2cc(-c3nc4c(C)cccn4c3NCC3CCCO3)c(=O)[nH]c2c1. The van der Waals surface area contributed by atoms with Crippen molar-refractivity contribution in [1.82, 2.24) is 14.4 Å². The van der Waals surface area contributed by atoms with Crippen LogP contribution in [-0.4, -0.2) is 40.7 Å². The van der Waals surface area contributed by atoms with Crippen molar-refractivity contribution >= 4 is 22.4 Å². The molecule has 0 radical (unpaired) electrons. The molecule has 1 aliphatic rings. The maximum absolute atomic E-state index is 13.0. The van der Waals surface area contributed by atoms with Crippen LogP contribution < -0.4 is 15.6 Å². The van der Waals surface area contributed by atoms with Gasteiger partial charge in [-0.2, -0.15) is 0 Å². The molecule has 7 nitrogen and oxygen atoms in total. The lowest BCUT2D eigenvalue weighted by atomic mass is 10.1. The fourth-order valence-corrected chi connectivity index (χ4v) is 4.06. The standard InChI is InChI=1S/C23H24N4O3/c1-14-5-3-9-27-21(14)26-20(22(27)24-13-17-6-4-10-30-17)18-11-15-7-8-16(29-2)12-19(15)25-23(18)28/h3,5,7-9,11-12,17,24H,4,6,10,13H2,1-2H3,(H,25,28). The lowest BCUT2D eigenvalue weighted by Gasteiger charge is -2.13. The third-order valence-corrected chi connectivity index (χ3v) is 5.67. The number of nitrogens with zero attached hydrogens (tertiary/aromatic N) is 2. The highest BCUT2D eigenvalue weighted by atomic mass is 16.5. The van der Waals surface area contributed by atoms with Crippen molar-refractivity contribution in [2.75, 3.05) is 25.6 Å². The summed E-state index contributed by atoms with van der Waals surface area (Å²) in [6.45, 7) is 3.50. The number of aromatic nitrogens is 3. The molecule has 154 valence electrons. The maximum Gasteiger partial charge on any atom is 0.258 e. The summed E-state index contributed by atoms with van der Waals surface area (Å²) in [5.74, 6) is 1.51. The number of fused-ring (bicyclic) bond motifs is 2. The number of imidazole rings is 1. The van der Waals surface area contributed by atoms with Gasteiger partial charge in [0.2, 0.25) is 0 Å².